The van der Waals surface area contributed by atoms with Crippen molar-refractivity contribution in [1.82, 2.24) is 0 Å². The predicted octanol–water partition coefficient (Wildman–Crippen LogP) is 6.37. The fraction of sp³-hybridized carbons (Fsp3) is 0.0741. The van der Waals surface area contributed by atoms with Crippen LogP contribution in [-0.2, 0) is 12.8 Å². The Hall–Kier alpha value is -3.45. The first-order valence-electron chi connectivity index (χ1n) is 9.63. The van der Waals surface area contributed by atoms with E-state index in [4.69, 9.17) is 0 Å². The number of ketones is 1. The van der Waals surface area contributed by atoms with Crippen molar-refractivity contribution >= 4 is 5.78 Å². The summed E-state index contributed by atoms with van der Waals surface area (Å²) in [5.74, 6) is 0.0728. The standard InChI is InChI=1S/C27H22O/c28-27(25-9-5-2-6-10-25)26-19-15-22(16-20-26)12-11-21-13-17-24(18-14-21)23-7-3-1-4-8-23/h1-10,13-20H,11-12H2. The third-order valence-corrected chi connectivity index (χ3v) is 5.02. The Labute approximate surface area is 166 Å². The van der Waals surface area contributed by atoms with E-state index >= 15 is 0 Å². The summed E-state index contributed by atoms with van der Waals surface area (Å²) < 4.78 is 0. The van der Waals surface area contributed by atoms with Crippen molar-refractivity contribution in [3.05, 3.63) is 131 Å². The molecule has 0 N–H and O–H groups in total. The Morgan fingerprint density at radius 1 is 0.464 bits per heavy atom. The minimum atomic E-state index is 0.0728. The second-order valence-electron chi connectivity index (χ2n) is 6.96. The van der Waals surface area contributed by atoms with Gasteiger partial charge in [0.1, 0.15) is 0 Å². The van der Waals surface area contributed by atoms with Gasteiger partial charge in [-0.15, -0.1) is 0 Å². The van der Waals surface area contributed by atoms with Crippen molar-refractivity contribution in [2.45, 2.75) is 12.8 Å². The highest BCUT2D eigenvalue weighted by Gasteiger charge is 2.08. The molecule has 0 atom stereocenters. The van der Waals surface area contributed by atoms with Crippen LogP contribution in [0.1, 0.15) is 27.0 Å². The molecular formula is C27H22O. The zero-order valence-corrected chi connectivity index (χ0v) is 15.7. The Morgan fingerprint density at radius 2 is 0.893 bits per heavy atom. The first kappa shape index (κ1) is 17.9. The summed E-state index contributed by atoms with van der Waals surface area (Å²) in [6.07, 6.45) is 1.95. The lowest BCUT2D eigenvalue weighted by molar-refractivity contribution is 0.103. The molecule has 0 aromatic heterocycles. The number of rotatable bonds is 6. The summed E-state index contributed by atoms with van der Waals surface area (Å²) in [6.45, 7) is 0. The van der Waals surface area contributed by atoms with Gasteiger partial charge in [0.15, 0.2) is 5.78 Å². The second-order valence-corrected chi connectivity index (χ2v) is 6.96. The minimum Gasteiger partial charge on any atom is -0.289 e. The van der Waals surface area contributed by atoms with Gasteiger partial charge >= 0.3 is 0 Å². The van der Waals surface area contributed by atoms with Gasteiger partial charge in [-0.25, -0.2) is 0 Å². The maximum Gasteiger partial charge on any atom is 0.193 e. The largest absolute Gasteiger partial charge is 0.289 e. The third kappa shape index (κ3) is 4.27. The Balaban J connectivity index is 1.38. The van der Waals surface area contributed by atoms with Crippen LogP contribution < -0.4 is 0 Å². The molecule has 0 aliphatic carbocycles. The van der Waals surface area contributed by atoms with Crippen LogP contribution in [0, 0.1) is 0 Å². The van der Waals surface area contributed by atoms with Crippen LogP contribution in [0.25, 0.3) is 11.1 Å². The number of aryl methyl sites for hydroxylation is 2. The third-order valence-electron chi connectivity index (χ3n) is 5.02. The Morgan fingerprint density at radius 3 is 1.46 bits per heavy atom. The van der Waals surface area contributed by atoms with Gasteiger partial charge in [-0.05, 0) is 35.1 Å². The van der Waals surface area contributed by atoms with Crippen LogP contribution in [-0.4, -0.2) is 5.78 Å². The van der Waals surface area contributed by atoms with E-state index in [-0.39, 0.29) is 5.78 Å². The van der Waals surface area contributed by atoms with Gasteiger partial charge in [0.2, 0.25) is 0 Å². The topological polar surface area (TPSA) is 17.1 Å². The molecule has 28 heavy (non-hydrogen) atoms. The van der Waals surface area contributed by atoms with E-state index in [2.05, 4.69) is 60.7 Å². The van der Waals surface area contributed by atoms with Crippen LogP contribution in [0.15, 0.2) is 109 Å². The SMILES string of the molecule is O=C(c1ccccc1)c1ccc(CCc2ccc(-c3ccccc3)cc2)cc1. The van der Waals surface area contributed by atoms with Gasteiger partial charge in [-0.3, -0.25) is 4.79 Å². The highest BCUT2D eigenvalue weighted by Crippen LogP contribution is 2.20. The van der Waals surface area contributed by atoms with E-state index in [1.54, 1.807) is 0 Å². The molecule has 0 aliphatic heterocycles. The summed E-state index contributed by atoms with van der Waals surface area (Å²) in [7, 11) is 0. The molecule has 136 valence electrons. The molecule has 0 bridgehead atoms. The fourth-order valence-corrected chi connectivity index (χ4v) is 3.36. The molecule has 0 aliphatic rings. The van der Waals surface area contributed by atoms with E-state index in [1.165, 1.54) is 22.3 Å². The molecule has 0 spiro atoms. The average Bonchev–Trinajstić information content (AvgIpc) is 2.79. The van der Waals surface area contributed by atoms with Crippen LogP contribution in [0.3, 0.4) is 0 Å². The number of hydrogen-bond acceptors (Lipinski definition) is 1. The number of carbonyl (C=O) groups is 1. The van der Waals surface area contributed by atoms with E-state index in [0.717, 1.165) is 24.0 Å². The monoisotopic (exact) mass is 362 g/mol. The summed E-state index contributed by atoms with van der Waals surface area (Å²) in [5, 5.41) is 0. The predicted molar refractivity (Wildman–Crippen MR) is 116 cm³/mol. The zero-order valence-electron chi connectivity index (χ0n) is 15.7. The molecule has 0 heterocycles. The minimum absolute atomic E-state index is 0.0728. The van der Waals surface area contributed by atoms with Crippen molar-refractivity contribution in [3.63, 3.8) is 0 Å². The van der Waals surface area contributed by atoms with Crippen molar-refractivity contribution in [1.29, 1.82) is 0 Å². The van der Waals surface area contributed by atoms with Crippen LogP contribution >= 0.6 is 0 Å². The van der Waals surface area contributed by atoms with E-state index in [0.29, 0.717) is 0 Å². The zero-order chi connectivity index (χ0) is 19.2. The molecule has 0 saturated heterocycles. The molecule has 0 saturated carbocycles. The lowest BCUT2D eigenvalue weighted by Gasteiger charge is -2.06. The lowest BCUT2D eigenvalue weighted by atomic mass is 9.98. The van der Waals surface area contributed by atoms with Gasteiger partial charge in [-0.1, -0.05) is 109 Å². The highest BCUT2D eigenvalue weighted by atomic mass is 16.1. The maximum atomic E-state index is 12.5. The van der Waals surface area contributed by atoms with Gasteiger partial charge in [0, 0.05) is 11.1 Å². The molecule has 4 rings (SSSR count). The van der Waals surface area contributed by atoms with Crippen molar-refractivity contribution in [3.8, 4) is 11.1 Å². The first-order valence-corrected chi connectivity index (χ1v) is 9.63. The van der Waals surface area contributed by atoms with E-state index < -0.39 is 0 Å². The van der Waals surface area contributed by atoms with E-state index in [1.807, 2.05) is 48.5 Å². The summed E-state index contributed by atoms with van der Waals surface area (Å²) in [6, 6.07) is 36.6. The lowest BCUT2D eigenvalue weighted by Crippen LogP contribution is -2.01. The molecule has 1 heteroatoms. The first-order chi connectivity index (χ1) is 13.8. The fourth-order valence-electron chi connectivity index (χ4n) is 3.36. The van der Waals surface area contributed by atoms with E-state index in [9.17, 15) is 4.79 Å². The van der Waals surface area contributed by atoms with Gasteiger partial charge in [0.05, 0.1) is 0 Å². The average molecular weight is 362 g/mol. The molecule has 0 fully saturated rings. The molecule has 0 amide bonds. The second kappa shape index (κ2) is 8.49. The van der Waals surface area contributed by atoms with Crippen molar-refractivity contribution in [2.24, 2.45) is 0 Å². The maximum absolute atomic E-state index is 12.5. The smallest absolute Gasteiger partial charge is 0.193 e. The van der Waals surface area contributed by atoms with Crippen LogP contribution in [0.4, 0.5) is 0 Å². The summed E-state index contributed by atoms with van der Waals surface area (Å²) in [4.78, 5) is 12.5. The molecule has 4 aromatic rings. The van der Waals surface area contributed by atoms with Gasteiger partial charge < -0.3 is 0 Å². The number of benzene rings is 4. The number of hydrogen-bond donors (Lipinski definition) is 0. The van der Waals surface area contributed by atoms with Gasteiger partial charge in [-0.2, -0.15) is 0 Å². The molecular weight excluding hydrogens is 340 g/mol. The summed E-state index contributed by atoms with van der Waals surface area (Å²) in [5.41, 5.74) is 6.53. The molecule has 4 aromatic carbocycles. The quantitative estimate of drug-likeness (QED) is 0.364. The molecule has 1 nitrogen and oxygen atoms in total. The molecule has 0 radical (unpaired) electrons. The molecule has 0 unspecified atom stereocenters. The number of carbonyl (C=O) groups excluding carboxylic acids is 1. The van der Waals surface area contributed by atoms with Crippen LogP contribution in [0.5, 0.6) is 0 Å². The van der Waals surface area contributed by atoms with Crippen molar-refractivity contribution in [2.75, 3.05) is 0 Å². The van der Waals surface area contributed by atoms with Crippen molar-refractivity contribution < 1.29 is 4.79 Å². The van der Waals surface area contributed by atoms with Crippen LogP contribution in [0.2, 0.25) is 0 Å². The van der Waals surface area contributed by atoms with Gasteiger partial charge in [0.25, 0.3) is 0 Å². The normalized spacial score (nSPS) is 10.6. The Bertz CT molecular complexity index is 1030. The highest BCUT2D eigenvalue weighted by molar-refractivity contribution is 6.08. The Kier molecular flexibility index (Phi) is 5.44. The summed E-state index contributed by atoms with van der Waals surface area (Å²) >= 11 is 0.